The number of allylic oxidation sites excluding steroid dienone is 1. The average molecular weight is 769 g/mol. The van der Waals surface area contributed by atoms with Crippen LogP contribution in [0.4, 0.5) is 4.39 Å². The Labute approximate surface area is 325 Å². The van der Waals surface area contributed by atoms with Crippen molar-refractivity contribution in [2.75, 3.05) is 66.1 Å². The first-order chi connectivity index (χ1) is 27.3. The van der Waals surface area contributed by atoms with Crippen LogP contribution in [0.1, 0.15) is 49.0 Å². The van der Waals surface area contributed by atoms with Gasteiger partial charge in [-0.2, -0.15) is 0 Å². The van der Waals surface area contributed by atoms with Gasteiger partial charge >= 0.3 is 0 Å². The lowest BCUT2D eigenvalue weighted by Gasteiger charge is -2.31. The summed E-state index contributed by atoms with van der Waals surface area (Å²) in [7, 11) is 0. The highest BCUT2D eigenvalue weighted by Crippen LogP contribution is 2.38. The molecule has 56 heavy (non-hydrogen) atoms. The molecule has 4 heterocycles. The number of hydrogen-bond donors (Lipinski definition) is 2. The second kappa shape index (κ2) is 19.5. The highest BCUT2D eigenvalue weighted by molar-refractivity contribution is 6.11. The molecule has 1 atom stereocenters. The number of rotatable bonds is 20. The number of H-pyrrole nitrogens is 1. The average Bonchev–Trinajstić information content (AvgIpc) is 3.66. The van der Waals surface area contributed by atoms with Crippen molar-refractivity contribution in [3.05, 3.63) is 95.0 Å². The van der Waals surface area contributed by atoms with Gasteiger partial charge in [0.2, 0.25) is 11.8 Å². The van der Waals surface area contributed by atoms with Gasteiger partial charge < -0.3 is 38.7 Å². The fourth-order valence-electron chi connectivity index (χ4n) is 6.71. The molecule has 0 bridgehead atoms. The Kier molecular flexibility index (Phi) is 14.0. The molecule has 1 unspecified atom stereocenters. The summed E-state index contributed by atoms with van der Waals surface area (Å²) in [4.78, 5) is 35.0. The van der Waals surface area contributed by atoms with Gasteiger partial charge in [0.1, 0.15) is 19.3 Å². The SMILES string of the molecule is C=C1CCC(N2C(=C)c3cc(F)c(OCCOCCOCCOCCOCCOc4ccc(-c5ccc6c(=C/C)/c(=C\CC)[nH]c6c5)cn4)cc3C2=O)C(=O)N1. The molecule has 1 saturated heterocycles. The summed E-state index contributed by atoms with van der Waals surface area (Å²) >= 11 is 0. The Morgan fingerprint density at radius 1 is 0.857 bits per heavy atom. The van der Waals surface area contributed by atoms with Crippen LogP contribution in [0, 0.1) is 5.82 Å². The molecule has 2 aliphatic heterocycles. The van der Waals surface area contributed by atoms with Gasteiger partial charge in [0.15, 0.2) is 11.6 Å². The number of benzene rings is 2. The van der Waals surface area contributed by atoms with Crippen molar-refractivity contribution in [3.63, 3.8) is 0 Å². The maximum absolute atomic E-state index is 14.8. The first-order valence-corrected chi connectivity index (χ1v) is 18.9. The summed E-state index contributed by atoms with van der Waals surface area (Å²) in [6, 6.07) is 12.1. The van der Waals surface area contributed by atoms with Crippen molar-refractivity contribution in [1.82, 2.24) is 20.2 Å². The van der Waals surface area contributed by atoms with E-state index in [1.165, 1.54) is 27.6 Å². The van der Waals surface area contributed by atoms with Crippen molar-refractivity contribution < 1.29 is 42.4 Å². The maximum Gasteiger partial charge on any atom is 0.259 e. The van der Waals surface area contributed by atoms with E-state index in [1.807, 2.05) is 18.3 Å². The maximum atomic E-state index is 14.8. The van der Waals surface area contributed by atoms with Crippen LogP contribution in [0.25, 0.3) is 39.9 Å². The molecule has 0 saturated carbocycles. The molecule has 2 aromatic carbocycles. The van der Waals surface area contributed by atoms with Crippen LogP contribution in [0.2, 0.25) is 0 Å². The summed E-state index contributed by atoms with van der Waals surface area (Å²) in [6.07, 6.45) is 8.10. The van der Waals surface area contributed by atoms with Crippen LogP contribution in [-0.2, 0) is 23.7 Å². The molecular weight excluding hydrogens is 719 g/mol. The first kappa shape index (κ1) is 40.3. The number of carbonyl (C=O) groups excluding carboxylic acids is 2. The third-order valence-corrected chi connectivity index (χ3v) is 9.47. The molecule has 6 rings (SSSR count). The van der Waals surface area contributed by atoms with Gasteiger partial charge in [0.25, 0.3) is 5.91 Å². The summed E-state index contributed by atoms with van der Waals surface area (Å²) in [6.45, 7) is 15.3. The van der Waals surface area contributed by atoms with E-state index in [4.69, 9.17) is 28.4 Å². The van der Waals surface area contributed by atoms with Crippen LogP contribution >= 0.6 is 0 Å². The highest BCUT2D eigenvalue weighted by atomic mass is 19.1. The van der Waals surface area contributed by atoms with Gasteiger partial charge in [0, 0.05) is 56.3 Å². The van der Waals surface area contributed by atoms with Crippen LogP contribution in [0.5, 0.6) is 11.6 Å². The van der Waals surface area contributed by atoms with E-state index >= 15 is 0 Å². The predicted octanol–water partition coefficient (Wildman–Crippen LogP) is 5.10. The Morgan fingerprint density at radius 2 is 1.52 bits per heavy atom. The number of halogens is 1. The number of pyridine rings is 1. The van der Waals surface area contributed by atoms with Gasteiger partial charge in [-0.15, -0.1) is 0 Å². The molecule has 2 amide bonds. The van der Waals surface area contributed by atoms with Gasteiger partial charge in [-0.25, -0.2) is 9.37 Å². The smallest absolute Gasteiger partial charge is 0.259 e. The molecule has 0 aliphatic carbocycles. The van der Waals surface area contributed by atoms with E-state index in [9.17, 15) is 14.0 Å². The standard InChI is InChI=1S/C43H49FN4O8/c1-5-7-37-32(6-2)33-11-9-30(24-38(33)47-37)31-10-13-41(45-27-31)56-23-21-54-19-17-52-15-14-51-16-18-53-20-22-55-40-26-35-34(25-36(40)44)29(4)48(43(35)50)39-12-8-28(3)46-42(39)49/h6-7,9-11,13,24-27,39,47H,3-5,8,12,14-23H2,1-2H3,(H,46,49)/b32-6-,37-7+. The van der Waals surface area contributed by atoms with Crippen LogP contribution in [0.3, 0.4) is 0 Å². The first-order valence-electron chi connectivity index (χ1n) is 18.9. The number of hydrogen-bond acceptors (Lipinski definition) is 9. The number of nitrogens with one attached hydrogen (secondary N) is 2. The summed E-state index contributed by atoms with van der Waals surface area (Å²) in [5.74, 6) is -0.915. The molecule has 4 aromatic rings. The molecule has 0 radical (unpaired) electrons. The van der Waals surface area contributed by atoms with Gasteiger partial charge in [0.05, 0.1) is 58.4 Å². The van der Waals surface area contributed by atoms with E-state index < -0.39 is 17.8 Å². The highest BCUT2D eigenvalue weighted by Gasteiger charge is 2.41. The molecule has 2 N–H and O–H groups in total. The van der Waals surface area contributed by atoms with Crippen molar-refractivity contribution in [3.8, 4) is 22.8 Å². The number of ether oxygens (including phenoxy) is 6. The lowest BCUT2D eigenvalue weighted by Crippen LogP contribution is -2.49. The van der Waals surface area contributed by atoms with Gasteiger partial charge in [-0.1, -0.05) is 44.4 Å². The fourth-order valence-corrected chi connectivity index (χ4v) is 6.71. The zero-order chi connectivity index (χ0) is 39.4. The molecule has 2 aromatic heterocycles. The summed E-state index contributed by atoms with van der Waals surface area (Å²) in [5.41, 5.74) is 4.67. The normalized spacial score (nSPS) is 16.3. The van der Waals surface area contributed by atoms with Crippen LogP contribution in [0.15, 0.2) is 67.5 Å². The number of piperidine rings is 1. The predicted molar refractivity (Wildman–Crippen MR) is 212 cm³/mol. The minimum Gasteiger partial charge on any atom is -0.488 e. The second-order valence-corrected chi connectivity index (χ2v) is 13.2. The monoisotopic (exact) mass is 768 g/mol. The van der Waals surface area contributed by atoms with Crippen LogP contribution in [-0.4, -0.2) is 98.8 Å². The van der Waals surface area contributed by atoms with E-state index in [2.05, 4.69) is 72.6 Å². The number of aromatic amines is 1. The molecule has 0 spiro atoms. The minimum atomic E-state index is -0.730. The zero-order valence-corrected chi connectivity index (χ0v) is 32.0. The molecule has 12 nitrogen and oxygen atoms in total. The molecule has 1 fully saturated rings. The van der Waals surface area contributed by atoms with E-state index in [1.54, 1.807) is 0 Å². The summed E-state index contributed by atoms with van der Waals surface area (Å²) < 4.78 is 48.3. The molecular formula is C43H49FN4O8. The van der Waals surface area contributed by atoms with Crippen molar-refractivity contribution in [1.29, 1.82) is 0 Å². The minimum absolute atomic E-state index is 0.0721. The Bertz CT molecular complexity index is 2170. The Balaban J connectivity index is 0.777. The van der Waals surface area contributed by atoms with Gasteiger partial charge in [-0.05, 0) is 56.0 Å². The second-order valence-electron chi connectivity index (χ2n) is 13.2. The molecule has 296 valence electrons. The van der Waals surface area contributed by atoms with Crippen LogP contribution < -0.4 is 25.4 Å². The lowest BCUT2D eigenvalue weighted by atomic mass is 10.0. The number of carbonyl (C=O) groups is 2. The third kappa shape index (κ3) is 9.72. The van der Waals surface area contributed by atoms with Crippen molar-refractivity contribution in [2.45, 2.75) is 39.2 Å². The summed E-state index contributed by atoms with van der Waals surface area (Å²) in [5, 5.41) is 6.27. The Morgan fingerprint density at radius 3 is 2.14 bits per heavy atom. The largest absolute Gasteiger partial charge is 0.488 e. The number of aromatic nitrogens is 2. The lowest BCUT2D eigenvalue weighted by molar-refractivity contribution is -0.125. The Hall–Kier alpha value is -5.34. The molecule has 2 aliphatic rings. The molecule has 13 heteroatoms. The third-order valence-electron chi connectivity index (χ3n) is 9.47. The number of nitrogens with zero attached hydrogens (tertiary/aromatic N) is 2. The van der Waals surface area contributed by atoms with Crippen molar-refractivity contribution in [2.24, 2.45) is 0 Å². The number of amides is 2. The fraction of sp³-hybridized carbons (Fsp3) is 0.372. The van der Waals surface area contributed by atoms with E-state index in [0.29, 0.717) is 82.8 Å². The van der Waals surface area contributed by atoms with E-state index in [-0.39, 0.29) is 36.1 Å². The zero-order valence-electron chi connectivity index (χ0n) is 32.0. The number of fused-ring (bicyclic) bond motifs is 2. The topological polar surface area (TPSA) is 133 Å². The van der Waals surface area contributed by atoms with Crippen molar-refractivity contribution >= 4 is 40.6 Å². The van der Waals surface area contributed by atoms with Gasteiger partial charge in [-0.3, -0.25) is 14.5 Å². The quantitative estimate of drug-likeness (QED) is 0.118. The van der Waals surface area contributed by atoms with E-state index in [0.717, 1.165) is 28.4 Å².